The summed E-state index contributed by atoms with van der Waals surface area (Å²) in [5, 5.41) is 7.77. The van der Waals surface area contributed by atoms with Gasteiger partial charge in [0.05, 0.1) is 22.5 Å². The monoisotopic (exact) mass is 454 g/mol. The van der Waals surface area contributed by atoms with Gasteiger partial charge in [0.15, 0.2) is 5.13 Å². The summed E-state index contributed by atoms with van der Waals surface area (Å²) < 4.78 is 19.3. The van der Waals surface area contributed by atoms with Crippen molar-refractivity contribution >= 4 is 51.7 Å². The van der Waals surface area contributed by atoms with E-state index >= 15 is 0 Å². The molecular formula is C19H20ClFN4O4S. The fourth-order valence-electron chi connectivity index (χ4n) is 2.32. The third-order valence-corrected chi connectivity index (χ3v) is 5.02. The average Bonchev–Trinajstić information content (AvgIpc) is 3.30. The van der Waals surface area contributed by atoms with Crippen molar-refractivity contribution in [2.24, 2.45) is 0 Å². The number of nitrogens with zero attached hydrogens (tertiary/aromatic N) is 1. The van der Waals surface area contributed by atoms with Crippen LogP contribution in [0.15, 0.2) is 18.3 Å². The second kappa shape index (κ2) is 8.57. The third-order valence-electron chi connectivity index (χ3n) is 3.80. The first-order valence-corrected chi connectivity index (χ1v) is 10.3. The number of rotatable bonds is 5. The quantitative estimate of drug-likeness (QED) is 0.619. The van der Waals surface area contributed by atoms with Crippen LogP contribution < -0.4 is 16.0 Å². The summed E-state index contributed by atoms with van der Waals surface area (Å²) in [6.07, 6.45) is 2.28. The molecule has 2 aromatic rings. The molecule has 11 heteroatoms. The second-order valence-corrected chi connectivity index (χ2v) is 9.11. The Bertz CT molecular complexity index is 1000. The number of amides is 3. The summed E-state index contributed by atoms with van der Waals surface area (Å²) in [7, 11) is 0. The van der Waals surface area contributed by atoms with Crippen LogP contribution in [0.5, 0.6) is 0 Å². The number of hydrogen-bond acceptors (Lipinski definition) is 6. The van der Waals surface area contributed by atoms with Crippen LogP contribution in [0.4, 0.5) is 20.0 Å². The number of carbonyl (C=O) groups excluding carboxylic acids is 3. The maximum atomic E-state index is 14.1. The minimum Gasteiger partial charge on any atom is -0.444 e. The lowest BCUT2D eigenvalue weighted by atomic mass is 10.1. The number of thiazole rings is 1. The second-order valence-electron chi connectivity index (χ2n) is 7.67. The fraction of sp³-hybridized carbons (Fsp3) is 0.368. The summed E-state index contributed by atoms with van der Waals surface area (Å²) in [5.41, 5.74) is -0.804. The first kappa shape index (κ1) is 22.0. The Morgan fingerprint density at radius 2 is 1.90 bits per heavy atom. The molecule has 1 fully saturated rings. The van der Waals surface area contributed by atoms with E-state index in [1.165, 1.54) is 12.3 Å². The lowest BCUT2D eigenvalue weighted by Gasteiger charge is -2.18. The molecule has 3 rings (SSSR count). The van der Waals surface area contributed by atoms with Crippen molar-refractivity contribution in [3.63, 3.8) is 0 Å². The van der Waals surface area contributed by atoms with Gasteiger partial charge in [-0.05, 0) is 45.7 Å². The summed E-state index contributed by atoms with van der Waals surface area (Å²) in [5.74, 6) is -1.92. The Kier molecular flexibility index (Phi) is 6.27. The highest BCUT2D eigenvalue weighted by atomic mass is 35.5. The van der Waals surface area contributed by atoms with Crippen molar-refractivity contribution in [2.75, 3.05) is 10.6 Å². The standard InChI is InChI=1S/C19H20ClFN4O4S/c1-19(2,3)29-18(28)25-17-22-8-14(30-17)16(27)24-13-6-10(12(21)7-11(13)20)15(26)23-9-4-5-9/h6-9H,4-5H2,1-3H3,(H,23,26)(H,24,27)(H,22,25,28). The predicted octanol–water partition coefficient (Wildman–Crippen LogP) is 4.43. The van der Waals surface area contributed by atoms with E-state index < -0.39 is 29.3 Å². The molecule has 0 spiro atoms. The molecule has 1 aliphatic carbocycles. The van der Waals surface area contributed by atoms with E-state index in [2.05, 4.69) is 20.9 Å². The molecule has 0 radical (unpaired) electrons. The van der Waals surface area contributed by atoms with Crippen LogP contribution in [0, 0.1) is 5.82 Å². The highest BCUT2D eigenvalue weighted by molar-refractivity contribution is 7.17. The van der Waals surface area contributed by atoms with Crippen LogP contribution in [0.3, 0.4) is 0 Å². The van der Waals surface area contributed by atoms with E-state index in [9.17, 15) is 18.8 Å². The molecule has 0 unspecified atom stereocenters. The third kappa shape index (κ3) is 5.90. The number of benzene rings is 1. The van der Waals surface area contributed by atoms with E-state index in [1.807, 2.05) is 0 Å². The smallest absolute Gasteiger partial charge is 0.413 e. The number of anilines is 2. The molecule has 1 aromatic heterocycles. The number of nitrogens with one attached hydrogen (secondary N) is 3. The predicted molar refractivity (Wildman–Crippen MR) is 112 cm³/mol. The van der Waals surface area contributed by atoms with Gasteiger partial charge in [-0.25, -0.2) is 14.2 Å². The van der Waals surface area contributed by atoms with E-state index in [4.69, 9.17) is 16.3 Å². The van der Waals surface area contributed by atoms with E-state index in [-0.39, 0.29) is 32.3 Å². The molecule has 0 saturated heterocycles. The number of halogens is 2. The molecule has 1 saturated carbocycles. The molecule has 160 valence electrons. The van der Waals surface area contributed by atoms with Crippen LogP contribution in [0.2, 0.25) is 5.02 Å². The van der Waals surface area contributed by atoms with Crippen LogP contribution in [0.1, 0.15) is 53.6 Å². The van der Waals surface area contributed by atoms with Gasteiger partial charge in [0.1, 0.15) is 16.3 Å². The van der Waals surface area contributed by atoms with Gasteiger partial charge in [-0.15, -0.1) is 0 Å². The van der Waals surface area contributed by atoms with Gasteiger partial charge in [0, 0.05) is 6.04 Å². The van der Waals surface area contributed by atoms with Crippen molar-refractivity contribution in [1.82, 2.24) is 10.3 Å². The Balaban J connectivity index is 1.69. The summed E-state index contributed by atoms with van der Waals surface area (Å²) in [4.78, 5) is 40.6. The zero-order valence-corrected chi connectivity index (χ0v) is 18.0. The van der Waals surface area contributed by atoms with Crippen LogP contribution in [-0.2, 0) is 4.74 Å². The zero-order chi connectivity index (χ0) is 22.1. The highest BCUT2D eigenvalue weighted by Crippen LogP contribution is 2.28. The number of carbonyl (C=O) groups is 3. The summed E-state index contributed by atoms with van der Waals surface area (Å²) in [6, 6.07) is 2.22. The fourth-order valence-corrected chi connectivity index (χ4v) is 3.22. The van der Waals surface area contributed by atoms with Crippen molar-refractivity contribution in [3.8, 4) is 0 Å². The number of ether oxygens (including phenoxy) is 1. The number of aromatic nitrogens is 1. The summed E-state index contributed by atoms with van der Waals surface area (Å²) >= 11 is 6.94. The first-order valence-electron chi connectivity index (χ1n) is 9.09. The Hall–Kier alpha value is -2.72. The molecule has 0 aliphatic heterocycles. The molecular weight excluding hydrogens is 435 g/mol. The molecule has 30 heavy (non-hydrogen) atoms. The SMILES string of the molecule is CC(C)(C)OC(=O)Nc1ncc(C(=O)Nc2cc(C(=O)NC3CC3)c(F)cc2Cl)s1. The minimum atomic E-state index is -0.780. The Morgan fingerprint density at radius 1 is 1.20 bits per heavy atom. The van der Waals surface area contributed by atoms with Crippen molar-refractivity contribution in [2.45, 2.75) is 45.3 Å². The molecule has 1 heterocycles. The molecule has 8 nitrogen and oxygen atoms in total. The van der Waals surface area contributed by atoms with Gasteiger partial charge in [-0.3, -0.25) is 14.9 Å². The molecule has 1 aliphatic rings. The molecule has 3 N–H and O–H groups in total. The topological polar surface area (TPSA) is 109 Å². The van der Waals surface area contributed by atoms with Crippen LogP contribution >= 0.6 is 22.9 Å². The van der Waals surface area contributed by atoms with Crippen molar-refractivity contribution in [1.29, 1.82) is 0 Å². The molecule has 1 aromatic carbocycles. The molecule has 0 atom stereocenters. The highest BCUT2D eigenvalue weighted by Gasteiger charge is 2.26. The van der Waals surface area contributed by atoms with Crippen molar-refractivity contribution in [3.05, 3.63) is 39.6 Å². The van der Waals surface area contributed by atoms with Gasteiger partial charge >= 0.3 is 6.09 Å². The van der Waals surface area contributed by atoms with Gasteiger partial charge in [0.2, 0.25) is 0 Å². The summed E-state index contributed by atoms with van der Waals surface area (Å²) in [6.45, 7) is 5.16. The van der Waals surface area contributed by atoms with E-state index in [0.717, 1.165) is 30.2 Å². The van der Waals surface area contributed by atoms with Gasteiger partial charge in [-0.2, -0.15) is 0 Å². The zero-order valence-electron chi connectivity index (χ0n) is 16.5. The average molecular weight is 455 g/mol. The largest absolute Gasteiger partial charge is 0.444 e. The molecule has 3 amide bonds. The lowest BCUT2D eigenvalue weighted by molar-refractivity contribution is 0.0635. The Morgan fingerprint density at radius 3 is 2.53 bits per heavy atom. The Labute approximate surface area is 181 Å². The van der Waals surface area contributed by atoms with Gasteiger partial charge < -0.3 is 15.4 Å². The lowest BCUT2D eigenvalue weighted by Crippen LogP contribution is -2.27. The normalized spacial score (nSPS) is 13.5. The van der Waals surface area contributed by atoms with Crippen LogP contribution in [-0.4, -0.2) is 34.5 Å². The minimum absolute atomic E-state index is 0.0544. The molecule has 0 bridgehead atoms. The van der Waals surface area contributed by atoms with Crippen LogP contribution in [0.25, 0.3) is 0 Å². The van der Waals surface area contributed by atoms with E-state index in [1.54, 1.807) is 20.8 Å². The van der Waals surface area contributed by atoms with E-state index in [0.29, 0.717) is 0 Å². The number of hydrogen-bond donors (Lipinski definition) is 3. The van der Waals surface area contributed by atoms with Gasteiger partial charge in [0.25, 0.3) is 11.8 Å². The maximum absolute atomic E-state index is 14.1. The van der Waals surface area contributed by atoms with Crippen molar-refractivity contribution < 1.29 is 23.5 Å². The maximum Gasteiger partial charge on any atom is 0.413 e. The first-order chi connectivity index (χ1) is 14.0. The van der Waals surface area contributed by atoms with Gasteiger partial charge in [-0.1, -0.05) is 22.9 Å².